The second kappa shape index (κ2) is 6.31. The smallest absolute Gasteiger partial charge is 0.303 e. The monoisotopic (exact) mass is 293 g/mol. The van der Waals surface area contributed by atoms with Crippen LogP contribution in [-0.4, -0.2) is 46.4 Å². The zero-order valence-corrected chi connectivity index (χ0v) is 11.2. The quantitative estimate of drug-likeness (QED) is 0.596. The third kappa shape index (κ3) is 3.99. The first-order valence-corrected chi connectivity index (χ1v) is 6.43. The Hall–Kier alpha value is -2.48. The number of anilines is 1. The number of rotatable bonds is 6. The topological polar surface area (TPSA) is 113 Å². The lowest BCUT2D eigenvalue weighted by Gasteiger charge is -2.37. The van der Waals surface area contributed by atoms with Crippen LogP contribution in [0.4, 0.5) is 11.4 Å². The van der Waals surface area contributed by atoms with Crippen molar-refractivity contribution < 1.29 is 19.6 Å². The minimum absolute atomic E-state index is 0.0707. The van der Waals surface area contributed by atoms with Crippen LogP contribution in [0.2, 0.25) is 0 Å². The van der Waals surface area contributed by atoms with Crippen molar-refractivity contribution in [2.45, 2.75) is 6.42 Å². The molecule has 0 aromatic heterocycles. The Morgan fingerprint density at radius 3 is 2.67 bits per heavy atom. The molecule has 0 atom stereocenters. The highest BCUT2D eigenvalue weighted by atomic mass is 16.6. The zero-order chi connectivity index (χ0) is 15.4. The van der Waals surface area contributed by atoms with Gasteiger partial charge in [-0.15, -0.1) is 0 Å². The zero-order valence-electron chi connectivity index (χ0n) is 11.2. The van der Waals surface area contributed by atoms with E-state index in [9.17, 15) is 19.7 Å². The van der Waals surface area contributed by atoms with Gasteiger partial charge in [0, 0.05) is 19.2 Å². The summed E-state index contributed by atoms with van der Waals surface area (Å²) in [5, 5.41) is 22.0. The van der Waals surface area contributed by atoms with E-state index in [-0.39, 0.29) is 36.2 Å². The summed E-state index contributed by atoms with van der Waals surface area (Å²) < 4.78 is 0. The molecule has 1 aliphatic heterocycles. The number of hydrogen-bond donors (Lipinski definition) is 2. The van der Waals surface area contributed by atoms with E-state index in [1.807, 2.05) is 0 Å². The fourth-order valence-corrected chi connectivity index (χ4v) is 2.31. The van der Waals surface area contributed by atoms with E-state index in [0.29, 0.717) is 13.1 Å². The second-order valence-electron chi connectivity index (χ2n) is 4.98. The second-order valence-corrected chi connectivity index (χ2v) is 4.98. The van der Waals surface area contributed by atoms with E-state index in [1.165, 1.54) is 18.2 Å². The van der Waals surface area contributed by atoms with Crippen molar-refractivity contribution in [3.05, 3.63) is 34.4 Å². The maximum absolute atomic E-state index is 11.8. The number of para-hydroxylation sites is 2. The molecule has 1 fully saturated rings. The Labute approximate surface area is 120 Å². The molecule has 1 saturated heterocycles. The number of amides is 1. The highest BCUT2D eigenvalue weighted by Crippen LogP contribution is 2.23. The number of carbonyl (C=O) groups excluding carboxylic acids is 1. The van der Waals surface area contributed by atoms with Crippen LogP contribution in [0.3, 0.4) is 0 Å². The van der Waals surface area contributed by atoms with Gasteiger partial charge in [-0.1, -0.05) is 12.1 Å². The molecule has 2 rings (SSSR count). The Morgan fingerprint density at radius 2 is 2.05 bits per heavy atom. The van der Waals surface area contributed by atoms with E-state index in [1.54, 1.807) is 11.0 Å². The molecule has 8 heteroatoms. The molecule has 0 radical (unpaired) electrons. The minimum atomic E-state index is -0.844. The molecule has 0 spiro atoms. The molecule has 112 valence electrons. The Bertz CT molecular complexity index is 569. The third-order valence-corrected chi connectivity index (χ3v) is 3.24. The molecule has 0 aliphatic carbocycles. The van der Waals surface area contributed by atoms with Crippen LogP contribution in [0.15, 0.2) is 24.3 Å². The molecular weight excluding hydrogens is 278 g/mol. The van der Waals surface area contributed by atoms with Crippen LogP contribution in [-0.2, 0) is 9.59 Å². The number of nitrogens with zero attached hydrogens (tertiary/aromatic N) is 2. The van der Waals surface area contributed by atoms with E-state index in [4.69, 9.17) is 5.11 Å². The number of carboxylic acid groups (broad SMARTS) is 1. The number of carbonyl (C=O) groups is 2. The fraction of sp³-hybridized carbons (Fsp3) is 0.385. The molecule has 1 aromatic rings. The highest BCUT2D eigenvalue weighted by Gasteiger charge is 2.30. The van der Waals surface area contributed by atoms with Crippen molar-refractivity contribution in [2.24, 2.45) is 5.92 Å². The third-order valence-electron chi connectivity index (χ3n) is 3.24. The van der Waals surface area contributed by atoms with Crippen molar-refractivity contribution in [1.29, 1.82) is 0 Å². The predicted molar refractivity (Wildman–Crippen MR) is 73.9 cm³/mol. The van der Waals surface area contributed by atoms with E-state index >= 15 is 0 Å². The van der Waals surface area contributed by atoms with Crippen LogP contribution in [0.25, 0.3) is 0 Å². The first-order chi connectivity index (χ1) is 9.95. The van der Waals surface area contributed by atoms with Crippen LogP contribution in [0.1, 0.15) is 6.42 Å². The van der Waals surface area contributed by atoms with Gasteiger partial charge in [-0.2, -0.15) is 0 Å². The van der Waals surface area contributed by atoms with Crippen molar-refractivity contribution in [3.8, 4) is 0 Å². The molecule has 2 N–H and O–H groups in total. The largest absolute Gasteiger partial charge is 0.481 e. The van der Waals surface area contributed by atoms with Crippen molar-refractivity contribution >= 4 is 23.3 Å². The molecule has 21 heavy (non-hydrogen) atoms. The lowest BCUT2D eigenvalue weighted by Crippen LogP contribution is -2.50. The van der Waals surface area contributed by atoms with Gasteiger partial charge in [0.1, 0.15) is 5.69 Å². The number of likely N-dealkylation sites (tertiary alicyclic amines) is 1. The van der Waals surface area contributed by atoms with Crippen molar-refractivity contribution in [2.75, 3.05) is 25.0 Å². The average molecular weight is 293 g/mol. The summed E-state index contributed by atoms with van der Waals surface area (Å²) in [5.74, 6) is -1.12. The Morgan fingerprint density at radius 1 is 1.38 bits per heavy atom. The normalized spacial score (nSPS) is 15.2. The summed E-state index contributed by atoms with van der Waals surface area (Å²) in [5.41, 5.74) is 0.00771. The standard InChI is InChI=1S/C13H15N3O5/c17-12(8-15-6-9(7-15)5-13(18)19)14-10-3-1-2-4-11(10)16(20)21/h1-4,9H,5-8H2,(H,14,17)(H,18,19). The number of nitrogens with one attached hydrogen (secondary N) is 1. The van der Waals surface area contributed by atoms with Gasteiger partial charge in [-0.3, -0.25) is 24.6 Å². The maximum Gasteiger partial charge on any atom is 0.303 e. The van der Waals surface area contributed by atoms with Gasteiger partial charge in [0.15, 0.2) is 0 Å². The maximum atomic E-state index is 11.8. The van der Waals surface area contributed by atoms with Gasteiger partial charge < -0.3 is 10.4 Å². The lowest BCUT2D eigenvalue weighted by atomic mass is 9.96. The minimum Gasteiger partial charge on any atom is -0.481 e. The average Bonchev–Trinajstić information content (AvgIpc) is 2.36. The highest BCUT2D eigenvalue weighted by molar-refractivity contribution is 5.94. The van der Waals surface area contributed by atoms with Crippen molar-refractivity contribution in [1.82, 2.24) is 4.90 Å². The number of carboxylic acids is 1. The van der Waals surface area contributed by atoms with E-state index in [2.05, 4.69) is 5.32 Å². The van der Waals surface area contributed by atoms with Crippen molar-refractivity contribution in [3.63, 3.8) is 0 Å². The Balaban J connectivity index is 1.84. The number of benzene rings is 1. The summed E-state index contributed by atoms with van der Waals surface area (Å²) >= 11 is 0. The van der Waals surface area contributed by atoms with Gasteiger partial charge in [-0.25, -0.2) is 0 Å². The van der Waals surface area contributed by atoms with Gasteiger partial charge in [0.2, 0.25) is 5.91 Å². The van der Waals surface area contributed by atoms with Crippen LogP contribution < -0.4 is 5.32 Å². The number of aliphatic carboxylic acids is 1. The first-order valence-electron chi connectivity index (χ1n) is 6.43. The predicted octanol–water partition coefficient (Wildman–Crippen LogP) is 0.940. The summed E-state index contributed by atoms with van der Waals surface area (Å²) in [7, 11) is 0. The molecule has 1 aromatic carbocycles. The van der Waals surface area contributed by atoms with E-state index < -0.39 is 10.9 Å². The van der Waals surface area contributed by atoms with Crippen LogP contribution in [0, 0.1) is 16.0 Å². The first kappa shape index (κ1) is 14.9. The Kier molecular flexibility index (Phi) is 4.49. The van der Waals surface area contributed by atoms with Crippen LogP contribution >= 0.6 is 0 Å². The molecule has 1 aliphatic rings. The van der Waals surface area contributed by atoms with Crippen LogP contribution in [0.5, 0.6) is 0 Å². The number of nitro benzene ring substituents is 1. The number of hydrogen-bond acceptors (Lipinski definition) is 5. The van der Waals surface area contributed by atoms with Gasteiger partial charge in [0.25, 0.3) is 5.69 Å². The molecule has 0 bridgehead atoms. The SMILES string of the molecule is O=C(O)CC1CN(CC(=O)Nc2ccccc2[N+](=O)[O-])C1. The molecule has 0 unspecified atom stereocenters. The number of nitro groups is 1. The van der Waals surface area contributed by atoms with Gasteiger partial charge in [0.05, 0.1) is 17.9 Å². The van der Waals surface area contributed by atoms with Gasteiger partial charge in [-0.05, 0) is 12.0 Å². The van der Waals surface area contributed by atoms with Gasteiger partial charge >= 0.3 is 5.97 Å². The molecule has 1 amide bonds. The van der Waals surface area contributed by atoms with E-state index in [0.717, 1.165) is 0 Å². The summed E-state index contributed by atoms with van der Waals surface area (Å²) in [6.07, 6.45) is 0.0995. The molecular formula is C13H15N3O5. The summed E-state index contributed by atoms with van der Waals surface area (Å²) in [6, 6.07) is 5.93. The fourth-order valence-electron chi connectivity index (χ4n) is 2.31. The molecule has 8 nitrogen and oxygen atoms in total. The molecule has 0 saturated carbocycles. The summed E-state index contributed by atoms with van der Waals surface area (Å²) in [6.45, 7) is 1.20. The molecule has 1 heterocycles. The lowest BCUT2D eigenvalue weighted by molar-refractivity contribution is -0.383. The summed E-state index contributed by atoms with van der Waals surface area (Å²) in [4.78, 5) is 34.4.